The predicted octanol–water partition coefficient (Wildman–Crippen LogP) is 5.11. The molecule has 2 aliphatic rings. The Kier molecular flexibility index (Phi) is 7.10. The Hall–Kier alpha value is -2.64. The molecule has 0 fully saturated rings. The SMILES string of the molecule is C=CC1=C(C)C(=C)C(C(=S)NCc2ccc(F)cc2F)=CN1CC1(C)N=CCC(C)N1C. The van der Waals surface area contributed by atoms with Crippen molar-refractivity contribution in [1.29, 1.82) is 0 Å². The number of thiocarbonyl (C=S) groups is 1. The van der Waals surface area contributed by atoms with Gasteiger partial charge in [-0.15, -0.1) is 0 Å². The molecule has 0 aromatic heterocycles. The summed E-state index contributed by atoms with van der Waals surface area (Å²) in [6, 6.07) is 3.89. The van der Waals surface area contributed by atoms with E-state index in [9.17, 15) is 8.78 Å². The average Bonchev–Trinajstić information content (AvgIpc) is 2.74. The van der Waals surface area contributed by atoms with Crippen LogP contribution in [0.3, 0.4) is 0 Å². The number of benzene rings is 1. The van der Waals surface area contributed by atoms with Crippen LogP contribution in [0.2, 0.25) is 0 Å². The van der Waals surface area contributed by atoms with E-state index >= 15 is 0 Å². The fourth-order valence-corrected chi connectivity index (χ4v) is 4.26. The largest absolute Gasteiger partial charge is 0.372 e. The third-order valence-electron chi connectivity index (χ3n) is 6.36. The monoisotopic (exact) mass is 456 g/mol. The van der Waals surface area contributed by atoms with Crippen molar-refractivity contribution in [3.63, 3.8) is 0 Å². The second-order valence-electron chi connectivity index (χ2n) is 8.51. The van der Waals surface area contributed by atoms with Gasteiger partial charge in [-0.3, -0.25) is 9.89 Å². The topological polar surface area (TPSA) is 30.9 Å². The van der Waals surface area contributed by atoms with Crippen molar-refractivity contribution >= 4 is 23.4 Å². The van der Waals surface area contributed by atoms with Gasteiger partial charge in [0.25, 0.3) is 0 Å². The van der Waals surface area contributed by atoms with Crippen molar-refractivity contribution in [2.45, 2.75) is 45.4 Å². The summed E-state index contributed by atoms with van der Waals surface area (Å²) in [6.07, 6.45) is 6.68. The van der Waals surface area contributed by atoms with Crippen LogP contribution in [0.25, 0.3) is 0 Å². The number of hydrogen-bond donors (Lipinski definition) is 1. The first-order chi connectivity index (χ1) is 15.1. The Bertz CT molecular complexity index is 1040. The van der Waals surface area contributed by atoms with E-state index in [-0.39, 0.29) is 6.54 Å². The van der Waals surface area contributed by atoms with E-state index in [1.54, 1.807) is 0 Å². The number of allylic oxidation sites excluding steroid dienone is 2. The fourth-order valence-electron chi connectivity index (χ4n) is 4.01. The van der Waals surface area contributed by atoms with Gasteiger partial charge in [0.2, 0.25) is 0 Å². The van der Waals surface area contributed by atoms with E-state index in [1.165, 1.54) is 12.1 Å². The Labute approximate surface area is 194 Å². The van der Waals surface area contributed by atoms with Crippen molar-refractivity contribution in [2.75, 3.05) is 13.6 Å². The van der Waals surface area contributed by atoms with Crippen LogP contribution in [0.15, 0.2) is 71.0 Å². The zero-order chi connectivity index (χ0) is 23.6. The molecular formula is C25H30F2N4S. The number of halogens is 2. The lowest BCUT2D eigenvalue weighted by Gasteiger charge is -2.45. The number of nitrogens with one attached hydrogen (secondary N) is 1. The summed E-state index contributed by atoms with van der Waals surface area (Å²) in [6.45, 7) is 15.2. The molecule has 0 spiro atoms. The van der Waals surface area contributed by atoms with Crippen LogP contribution in [-0.4, -0.2) is 46.3 Å². The molecule has 0 bridgehead atoms. The smallest absolute Gasteiger partial charge is 0.131 e. The summed E-state index contributed by atoms with van der Waals surface area (Å²) >= 11 is 5.62. The minimum Gasteiger partial charge on any atom is -0.372 e. The summed E-state index contributed by atoms with van der Waals surface area (Å²) < 4.78 is 27.2. The molecule has 0 saturated heterocycles. The Morgan fingerprint density at radius 2 is 2.12 bits per heavy atom. The first-order valence-electron chi connectivity index (χ1n) is 10.6. The maximum absolute atomic E-state index is 14.0. The zero-order valence-electron chi connectivity index (χ0n) is 19.1. The molecule has 1 aromatic rings. The highest BCUT2D eigenvalue weighted by molar-refractivity contribution is 7.80. The first kappa shape index (κ1) is 24.0. The van der Waals surface area contributed by atoms with Gasteiger partial charge < -0.3 is 10.2 Å². The number of hydrogen-bond acceptors (Lipinski definition) is 4. The lowest BCUT2D eigenvalue weighted by Crippen LogP contribution is -2.55. The first-order valence-corrected chi connectivity index (χ1v) is 11.0. The van der Waals surface area contributed by atoms with E-state index in [2.05, 4.69) is 49.2 Å². The van der Waals surface area contributed by atoms with Gasteiger partial charge in [-0.05, 0) is 57.5 Å². The summed E-state index contributed by atoms with van der Waals surface area (Å²) in [4.78, 5) is 9.62. The van der Waals surface area contributed by atoms with Gasteiger partial charge in [0, 0.05) is 47.9 Å². The third kappa shape index (κ3) is 4.74. The third-order valence-corrected chi connectivity index (χ3v) is 6.72. The van der Waals surface area contributed by atoms with Gasteiger partial charge in [-0.1, -0.05) is 31.4 Å². The number of aliphatic imine (C=N–C) groups is 1. The normalized spacial score (nSPS) is 23.9. The Morgan fingerprint density at radius 3 is 2.78 bits per heavy atom. The molecule has 0 radical (unpaired) electrons. The second kappa shape index (κ2) is 9.46. The molecule has 1 N–H and O–H groups in total. The van der Waals surface area contributed by atoms with Crippen molar-refractivity contribution in [3.05, 3.63) is 83.2 Å². The highest BCUT2D eigenvalue weighted by atomic mass is 32.1. The van der Waals surface area contributed by atoms with E-state index in [0.717, 1.165) is 34.9 Å². The van der Waals surface area contributed by atoms with Crippen LogP contribution < -0.4 is 5.32 Å². The fraction of sp³-hybridized carbons (Fsp3) is 0.360. The molecule has 2 heterocycles. The molecule has 7 heteroatoms. The van der Waals surface area contributed by atoms with Crippen LogP contribution in [0.1, 0.15) is 32.8 Å². The highest BCUT2D eigenvalue weighted by Gasteiger charge is 2.37. The second-order valence-corrected chi connectivity index (χ2v) is 8.91. The molecule has 3 rings (SSSR count). The lowest BCUT2D eigenvalue weighted by atomic mass is 9.94. The predicted molar refractivity (Wildman–Crippen MR) is 131 cm³/mol. The standard InChI is InChI=1S/C25H30F2N4S/c1-7-23-18(4)17(3)21(24(32)28-13-19-8-9-20(26)12-22(19)27)14-31(23)15-25(5)29-11-10-16(2)30(25)6/h7-9,11-12,14,16H,1,3,10,13,15H2,2,4-6H3,(H,28,32). The summed E-state index contributed by atoms with van der Waals surface area (Å²) in [5.41, 5.74) is 3.38. The maximum atomic E-state index is 14.0. The summed E-state index contributed by atoms with van der Waals surface area (Å²) in [5, 5.41) is 3.09. The summed E-state index contributed by atoms with van der Waals surface area (Å²) in [5.74, 6) is -1.22. The molecule has 170 valence electrons. The van der Waals surface area contributed by atoms with Crippen molar-refractivity contribution in [1.82, 2.24) is 15.1 Å². The van der Waals surface area contributed by atoms with Crippen LogP contribution in [0.4, 0.5) is 8.78 Å². The number of rotatable bonds is 6. The van der Waals surface area contributed by atoms with Crippen LogP contribution >= 0.6 is 12.2 Å². The van der Waals surface area contributed by atoms with E-state index in [1.807, 2.05) is 25.4 Å². The van der Waals surface area contributed by atoms with Crippen molar-refractivity contribution < 1.29 is 8.78 Å². The molecule has 4 nitrogen and oxygen atoms in total. The lowest BCUT2D eigenvalue weighted by molar-refractivity contribution is 0.0757. The van der Waals surface area contributed by atoms with Crippen molar-refractivity contribution in [3.8, 4) is 0 Å². The molecule has 2 atom stereocenters. The number of nitrogens with zero attached hydrogens (tertiary/aromatic N) is 3. The molecule has 2 aliphatic heterocycles. The van der Waals surface area contributed by atoms with Crippen LogP contribution in [0, 0.1) is 11.6 Å². The maximum Gasteiger partial charge on any atom is 0.131 e. The van der Waals surface area contributed by atoms with Gasteiger partial charge in [-0.2, -0.15) is 0 Å². The van der Waals surface area contributed by atoms with E-state index < -0.39 is 17.3 Å². The molecule has 0 amide bonds. The Morgan fingerprint density at radius 1 is 1.41 bits per heavy atom. The quantitative estimate of drug-likeness (QED) is 0.603. The van der Waals surface area contributed by atoms with E-state index in [0.29, 0.717) is 23.1 Å². The molecule has 0 saturated carbocycles. The van der Waals surface area contributed by atoms with Gasteiger partial charge in [0.1, 0.15) is 22.3 Å². The van der Waals surface area contributed by atoms with E-state index in [4.69, 9.17) is 17.2 Å². The van der Waals surface area contributed by atoms with Gasteiger partial charge in [0.05, 0.1) is 6.54 Å². The van der Waals surface area contributed by atoms with Crippen molar-refractivity contribution in [2.24, 2.45) is 4.99 Å². The minimum atomic E-state index is -0.608. The van der Waals surface area contributed by atoms with Crippen LogP contribution in [0.5, 0.6) is 0 Å². The molecule has 32 heavy (non-hydrogen) atoms. The highest BCUT2D eigenvalue weighted by Crippen LogP contribution is 2.33. The minimum absolute atomic E-state index is 0.148. The zero-order valence-corrected chi connectivity index (χ0v) is 19.9. The molecule has 1 aromatic carbocycles. The van der Waals surface area contributed by atoms with Gasteiger partial charge in [-0.25, -0.2) is 8.78 Å². The molecular weight excluding hydrogens is 426 g/mol. The van der Waals surface area contributed by atoms with Gasteiger partial charge >= 0.3 is 0 Å². The molecule has 0 aliphatic carbocycles. The average molecular weight is 457 g/mol. The van der Waals surface area contributed by atoms with Gasteiger partial charge in [0.15, 0.2) is 0 Å². The number of likely N-dealkylation sites (N-methyl/N-ethyl adjacent to an activating group) is 1. The Balaban J connectivity index is 1.85. The summed E-state index contributed by atoms with van der Waals surface area (Å²) in [7, 11) is 2.09. The van der Waals surface area contributed by atoms with Crippen LogP contribution in [-0.2, 0) is 6.54 Å². The molecule has 2 unspecified atom stereocenters.